The van der Waals surface area contributed by atoms with Crippen molar-refractivity contribution in [1.82, 2.24) is 10.2 Å². The Morgan fingerprint density at radius 1 is 1.04 bits per heavy atom. The predicted octanol–water partition coefficient (Wildman–Crippen LogP) is 3.62. The van der Waals surface area contributed by atoms with Gasteiger partial charge in [-0.1, -0.05) is 28.9 Å². The number of benzene rings is 2. The topological polar surface area (TPSA) is 86.5 Å². The van der Waals surface area contributed by atoms with Crippen LogP contribution in [0, 0.1) is 13.8 Å². The van der Waals surface area contributed by atoms with E-state index in [0.29, 0.717) is 17.4 Å². The molecule has 2 aromatic carbocycles. The summed E-state index contributed by atoms with van der Waals surface area (Å²) in [5, 5.41) is 10.5. The third kappa shape index (κ3) is 3.37. The molecule has 3 aromatic rings. The Balaban J connectivity index is 1.87. The van der Waals surface area contributed by atoms with Crippen LogP contribution in [0.4, 0.5) is 6.01 Å². The molecule has 0 aliphatic rings. The van der Waals surface area contributed by atoms with Crippen LogP contribution in [0.1, 0.15) is 21.5 Å². The molecule has 1 N–H and O–H groups in total. The predicted molar refractivity (Wildman–Crippen MR) is 96.7 cm³/mol. The van der Waals surface area contributed by atoms with Gasteiger partial charge < -0.3 is 13.9 Å². The second-order valence-corrected chi connectivity index (χ2v) is 5.72. The van der Waals surface area contributed by atoms with Crippen molar-refractivity contribution in [1.29, 1.82) is 0 Å². The second kappa shape index (κ2) is 7.26. The van der Waals surface area contributed by atoms with Crippen LogP contribution >= 0.6 is 0 Å². The molecular formula is C19H19N3O4. The molecule has 0 radical (unpaired) electrons. The van der Waals surface area contributed by atoms with Crippen LogP contribution in [-0.2, 0) is 0 Å². The van der Waals surface area contributed by atoms with E-state index in [2.05, 4.69) is 15.5 Å². The van der Waals surface area contributed by atoms with Gasteiger partial charge in [-0.15, -0.1) is 5.10 Å². The van der Waals surface area contributed by atoms with Gasteiger partial charge in [0.1, 0.15) is 17.1 Å². The van der Waals surface area contributed by atoms with Gasteiger partial charge in [0, 0.05) is 5.56 Å². The summed E-state index contributed by atoms with van der Waals surface area (Å²) in [6, 6.07) is 11.0. The van der Waals surface area contributed by atoms with Gasteiger partial charge in [0.15, 0.2) is 0 Å². The molecule has 3 rings (SSSR count). The standard InChI is InChI=1S/C19H19N3O4/c1-11-8-9-13(12(2)10-11)18-21-22-19(26-18)20-17(23)16-14(24-3)6-5-7-15(16)25-4/h5-10H,1-4H3,(H,20,22,23). The van der Waals surface area contributed by atoms with Crippen molar-refractivity contribution in [2.75, 3.05) is 19.5 Å². The number of ether oxygens (including phenoxy) is 2. The zero-order valence-electron chi connectivity index (χ0n) is 15.0. The Morgan fingerprint density at radius 3 is 2.35 bits per heavy atom. The normalized spacial score (nSPS) is 10.5. The molecule has 0 unspecified atom stereocenters. The van der Waals surface area contributed by atoms with Crippen molar-refractivity contribution in [3.8, 4) is 23.0 Å². The highest BCUT2D eigenvalue weighted by Gasteiger charge is 2.21. The molecule has 0 spiro atoms. The van der Waals surface area contributed by atoms with Crippen LogP contribution < -0.4 is 14.8 Å². The number of carbonyl (C=O) groups excluding carboxylic acids is 1. The van der Waals surface area contributed by atoms with Crippen molar-refractivity contribution >= 4 is 11.9 Å². The Hall–Kier alpha value is -3.35. The van der Waals surface area contributed by atoms with Crippen molar-refractivity contribution in [2.45, 2.75) is 13.8 Å². The van der Waals surface area contributed by atoms with Crippen LogP contribution in [0.5, 0.6) is 11.5 Å². The molecule has 0 bridgehead atoms. The lowest BCUT2D eigenvalue weighted by atomic mass is 10.1. The molecular weight excluding hydrogens is 334 g/mol. The van der Waals surface area contributed by atoms with Crippen molar-refractivity contribution in [3.63, 3.8) is 0 Å². The fraction of sp³-hybridized carbons (Fsp3) is 0.211. The molecule has 0 saturated carbocycles. The number of amides is 1. The summed E-state index contributed by atoms with van der Waals surface area (Å²) in [5.41, 5.74) is 3.22. The minimum Gasteiger partial charge on any atom is -0.496 e. The number of hydrogen-bond donors (Lipinski definition) is 1. The molecule has 134 valence electrons. The number of hydrogen-bond acceptors (Lipinski definition) is 6. The molecule has 0 aliphatic carbocycles. The fourth-order valence-electron chi connectivity index (χ4n) is 2.67. The molecule has 1 amide bonds. The van der Waals surface area contributed by atoms with Gasteiger partial charge in [-0.3, -0.25) is 10.1 Å². The lowest BCUT2D eigenvalue weighted by Gasteiger charge is -2.11. The largest absolute Gasteiger partial charge is 0.496 e. The van der Waals surface area contributed by atoms with Gasteiger partial charge in [0.25, 0.3) is 5.91 Å². The highest BCUT2D eigenvalue weighted by Crippen LogP contribution is 2.29. The smallest absolute Gasteiger partial charge is 0.322 e. The van der Waals surface area contributed by atoms with Gasteiger partial charge in [-0.2, -0.15) is 0 Å². The molecule has 7 heteroatoms. The number of nitrogens with zero attached hydrogens (tertiary/aromatic N) is 2. The lowest BCUT2D eigenvalue weighted by molar-refractivity contribution is 0.101. The first-order chi connectivity index (χ1) is 12.5. The summed E-state index contributed by atoms with van der Waals surface area (Å²) >= 11 is 0. The Kier molecular flexibility index (Phi) is 4.88. The van der Waals surface area contributed by atoms with Gasteiger partial charge >= 0.3 is 6.01 Å². The maximum Gasteiger partial charge on any atom is 0.322 e. The summed E-state index contributed by atoms with van der Waals surface area (Å²) in [5.74, 6) is 0.645. The van der Waals surface area contributed by atoms with E-state index in [1.54, 1.807) is 18.2 Å². The molecule has 0 saturated heterocycles. The van der Waals surface area contributed by atoms with Crippen LogP contribution in [0.25, 0.3) is 11.5 Å². The highest BCUT2D eigenvalue weighted by molar-refractivity contribution is 6.07. The molecule has 26 heavy (non-hydrogen) atoms. The van der Waals surface area contributed by atoms with Crippen molar-refractivity contribution in [3.05, 3.63) is 53.1 Å². The van der Waals surface area contributed by atoms with Gasteiger partial charge in [0.05, 0.1) is 14.2 Å². The van der Waals surface area contributed by atoms with E-state index in [1.807, 2.05) is 32.0 Å². The third-order valence-electron chi connectivity index (χ3n) is 3.91. The van der Waals surface area contributed by atoms with Gasteiger partial charge in [0.2, 0.25) is 5.89 Å². The minimum absolute atomic E-state index is 0.00191. The molecule has 7 nitrogen and oxygen atoms in total. The molecule has 0 fully saturated rings. The number of methoxy groups -OCH3 is 2. The number of carbonyl (C=O) groups is 1. The Labute approximate surface area is 151 Å². The van der Waals surface area contributed by atoms with E-state index in [4.69, 9.17) is 13.9 Å². The van der Waals surface area contributed by atoms with Gasteiger partial charge in [-0.25, -0.2) is 0 Å². The summed E-state index contributed by atoms with van der Waals surface area (Å²) in [6.45, 7) is 3.97. The number of aryl methyl sites for hydroxylation is 2. The van der Waals surface area contributed by atoms with Crippen LogP contribution in [0.15, 0.2) is 40.8 Å². The monoisotopic (exact) mass is 353 g/mol. The second-order valence-electron chi connectivity index (χ2n) is 5.72. The molecule has 0 atom stereocenters. The zero-order chi connectivity index (χ0) is 18.7. The summed E-state index contributed by atoms with van der Waals surface area (Å²) < 4.78 is 16.1. The first-order valence-corrected chi connectivity index (χ1v) is 7.97. The Bertz CT molecular complexity index is 927. The van der Waals surface area contributed by atoms with Crippen LogP contribution in [0.2, 0.25) is 0 Å². The first kappa shape index (κ1) is 17.5. The van der Waals surface area contributed by atoms with E-state index < -0.39 is 5.91 Å². The van der Waals surface area contributed by atoms with E-state index in [-0.39, 0.29) is 11.6 Å². The fourth-order valence-corrected chi connectivity index (χ4v) is 2.67. The van der Waals surface area contributed by atoms with E-state index in [9.17, 15) is 4.79 Å². The maximum absolute atomic E-state index is 12.6. The van der Waals surface area contributed by atoms with E-state index >= 15 is 0 Å². The molecule has 1 aromatic heterocycles. The SMILES string of the molecule is COc1cccc(OC)c1C(=O)Nc1nnc(-c2ccc(C)cc2C)o1. The number of aromatic nitrogens is 2. The number of anilines is 1. The average molecular weight is 353 g/mol. The highest BCUT2D eigenvalue weighted by atomic mass is 16.5. The van der Waals surface area contributed by atoms with Crippen molar-refractivity contribution in [2.24, 2.45) is 0 Å². The van der Waals surface area contributed by atoms with Crippen LogP contribution in [-0.4, -0.2) is 30.3 Å². The maximum atomic E-state index is 12.6. The summed E-state index contributed by atoms with van der Waals surface area (Å²) in [4.78, 5) is 12.6. The molecule has 0 aliphatic heterocycles. The Morgan fingerprint density at radius 2 is 1.73 bits per heavy atom. The quantitative estimate of drug-likeness (QED) is 0.754. The lowest BCUT2D eigenvalue weighted by Crippen LogP contribution is -2.14. The summed E-state index contributed by atoms with van der Waals surface area (Å²) in [7, 11) is 2.97. The van der Waals surface area contributed by atoms with Crippen LogP contribution in [0.3, 0.4) is 0 Å². The summed E-state index contributed by atoms with van der Waals surface area (Å²) in [6.07, 6.45) is 0. The third-order valence-corrected chi connectivity index (χ3v) is 3.91. The zero-order valence-corrected chi connectivity index (χ0v) is 15.0. The number of nitrogens with one attached hydrogen (secondary N) is 1. The average Bonchev–Trinajstić information content (AvgIpc) is 3.08. The molecule has 1 heterocycles. The van der Waals surface area contributed by atoms with E-state index in [1.165, 1.54) is 14.2 Å². The van der Waals surface area contributed by atoms with Gasteiger partial charge in [-0.05, 0) is 37.6 Å². The minimum atomic E-state index is -0.463. The van der Waals surface area contributed by atoms with Crippen molar-refractivity contribution < 1.29 is 18.7 Å². The number of rotatable bonds is 5. The van der Waals surface area contributed by atoms with E-state index in [0.717, 1.165) is 16.7 Å². The first-order valence-electron chi connectivity index (χ1n) is 7.97.